The molecule has 29 heavy (non-hydrogen) atoms. The number of benzene rings is 1. The first-order valence-electron chi connectivity index (χ1n) is 9.95. The van der Waals surface area contributed by atoms with Crippen molar-refractivity contribution in [2.24, 2.45) is 0 Å². The number of amides is 1. The highest BCUT2D eigenvalue weighted by Crippen LogP contribution is 2.42. The zero-order valence-corrected chi connectivity index (χ0v) is 16.3. The van der Waals surface area contributed by atoms with Crippen LogP contribution in [0.15, 0.2) is 48.3 Å². The lowest BCUT2D eigenvalue weighted by molar-refractivity contribution is -0.141. The van der Waals surface area contributed by atoms with Crippen LogP contribution in [0.1, 0.15) is 54.8 Å². The molecule has 0 bridgehead atoms. The fourth-order valence-corrected chi connectivity index (χ4v) is 4.40. The smallest absolute Gasteiger partial charge is 0.295 e. The molecule has 2 fully saturated rings. The Bertz CT molecular complexity index is 981. The van der Waals surface area contributed by atoms with Crippen LogP contribution in [0.2, 0.25) is 0 Å². The number of Topliss-reactive ketones (excluding diaryl/α,β-unsaturated/α-hetero) is 1. The highest BCUT2D eigenvalue weighted by Gasteiger charge is 2.48. The summed E-state index contributed by atoms with van der Waals surface area (Å²) in [6.07, 6.45) is 8.04. The van der Waals surface area contributed by atoms with Crippen molar-refractivity contribution in [3.8, 4) is 0 Å². The van der Waals surface area contributed by atoms with Crippen molar-refractivity contribution in [1.82, 2.24) is 9.88 Å². The van der Waals surface area contributed by atoms with E-state index in [9.17, 15) is 19.1 Å². The Labute approximate surface area is 168 Å². The summed E-state index contributed by atoms with van der Waals surface area (Å²) < 4.78 is 13.7. The van der Waals surface area contributed by atoms with E-state index < -0.39 is 23.5 Å². The second kappa shape index (κ2) is 7.78. The predicted octanol–water partition coefficient (Wildman–Crippen LogP) is 4.28. The summed E-state index contributed by atoms with van der Waals surface area (Å²) in [6.45, 7) is 1.59. The van der Waals surface area contributed by atoms with Gasteiger partial charge in [-0.05, 0) is 55.2 Å². The molecule has 2 aromatic rings. The third-order valence-electron chi connectivity index (χ3n) is 5.88. The van der Waals surface area contributed by atoms with Gasteiger partial charge < -0.3 is 10.0 Å². The Kier molecular flexibility index (Phi) is 5.18. The number of carbonyl (C=O) groups excluding carboxylic acids is 2. The van der Waals surface area contributed by atoms with Gasteiger partial charge in [-0.1, -0.05) is 25.3 Å². The van der Waals surface area contributed by atoms with Crippen molar-refractivity contribution in [3.05, 3.63) is 70.8 Å². The topological polar surface area (TPSA) is 70.5 Å². The normalized spacial score (nSPS) is 22.3. The number of aryl methyl sites for hydroxylation is 1. The number of aliphatic hydroxyl groups excluding tert-OH is 1. The highest BCUT2D eigenvalue weighted by atomic mass is 19.1. The van der Waals surface area contributed by atoms with Gasteiger partial charge in [0.25, 0.3) is 11.7 Å². The number of carbonyl (C=O) groups is 2. The second-order valence-corrected chi connectivity index (χ2v) is 7.75. The lowest BCUT2D eigenvalue weighted by Gasteiger charge is -2.35. The monoisotopic (exact) mass is 394 g/mol. The molecule has 1 aromatic heterocycles. The zero-order valence-electron chi connectivity index (χ0n) is 16.3. The number of aromatic nitrogens is 1. The number of nitrogens with zero attached hydrogens (tertiary/aromatic N) is 2. The summed E-state index contributed by atoms with van der Waals surface area (Å²) in [5.74, 6) is -1.97. The number of hydrogen-bond acceptors (Lipinski definition) is 4. The van der Waals surface area contributed by atoms with Gasteiger partial charge in [0.05, 0.1) is 11.6 Å². The molecule has 0 spiro atoms. The van der Waals surface area contributed by atoms with Gasteiger partial charge in [0.2, 0.25) is 0 Å². The Morgan fingerprint density at radius 2 is 1.93 bits per heavy atom. The minimum atomic E-state index is -0.705. The molecule has 1 amide bonds. The van der Waals surface area contributed by atoms with Crippen LogP contribution >= 0.6 is 0 Å². The van der Waals surface area contributed by atoms with E-state index in [4.69, 9.17) is 0 Å². The Morgan fingerprint density at radius 1 is 1.17 bits per heavy atom. The number of hydrogen-bond donors (Lipinski definition) is 1. The van der Waals surface area contributed by atoms with E-state index in [2.05, 4.69) is 4.98 Å². The first-order chi connectivity index (χ1) is 14.0. The van der Waals surface area contributed by atoms with Crippen molar-refractivity contribution in [1.29, 1.82) is 0 Å². The van der Waals surface area contributed by atoms with E-state index in [0.717, 1.165) is 32.1 Å². The highest BCUT2D eigenvalue weighted by molar-refractivity contribution is 6.46. The third-order valence-corrected chi connectivity index (χ3v) is 5.88. The fraction of sp³-hybridized carbons (Fsp3) is 0.348. The molecule has 6 heteroatoms. The van der Waals surface area contributed by atoms with Crippen molar-refractivity contribution in [2.45, 2.75) is 51.1 Å². The minimum Gasteiger partial charge on any atom is -0.507 e. The molecule has 0 radical (unpaired) electrons. The molecule has 2 heterocycles. The Balaban J connectivity index is 1.87. The van der Waals surface area contributed by atoms with Gasteiger partial charge in [-0.3, -0.25) is 14.6 Å². The maximum Gasteiger partial charge on any atom is 0.295 e. The van der Waals surface area contributed by atoms with Gasteiger partial charge in [0.1, 0.15) is 11.6 Å². The molecule has 1 N–H and O–H groups in total. The van der Waals surface area contributed by atoms with Crippen molar-refractivity contribution < 1.29 is 19.1 Å². The quantitative estimate of drug-likeness (QED) is 0.479. The SMILES string of the molecule is Cc1cc(/C(O)=C2/C(=O)C(=O)N(C3CCCCC3)C2c2cccnc2)ccc1F. The van der Waals surface area contributed by atoms with Gasteiger partial charge in [-0.25, -0.2) is 4.39 Å². The molecule has 1 aromatic carbocycles. The average molecular weight is 394 g/mol. The summed E-state index contributed by atoms with van der Waals surface area (Å²) in [5.41, 5.74) is 1.39. The van der Waals surface area contributed by atoms with Crippen LogP contribution < -0.4 is 0 Å². The van der Waals surface area contributed by atoms with Crippen LogP contribution in [0.5, 0.6) is 0 Å². The molecule has 1 aliphatic carbocycles. The first kappa shape index (κ1) is 19.3. The second-order valence-electron chi connectivity index (χ2n) is 7.75. The van der Waals surface area contributed by atoms with E-state index >= 15 is 0 Å². The van der Waals surface area contributed by atoms with Crippen LogP contribution in [0, 0.1) is 12.7 Å². The Hall–Kier alpha value is -3.02. The summed E-state index contributed by atoms with van der Waals surface area (Å²) in [5, 5.41) is 11.0. The number of rotatable bonds is 3. The van der Waals surface area contributed by atoms with Crippen LogP contribution in [-0.2, 0) is 9.59 Å². The molecule has 1 saturated heterocycles. The molecule has 4 rings (SSSR count). The third kappa shape index (κ3) is 3.43. The molecule has 5 nitrogen and oxygen atoms in total. The van der Waals surface area contributed by atoms with Crippen LogP contribution in [0.4, 0.5) is 4.39 Å². The van der Waals surface area contributed by atoms with Gasteiger partial charge in [0.15, 0.2) is 0 Å². The van der Waals surface area contributed by atoms with E-state index in [1.165, 1.54) is 18.2 Å². The summed E-state index contributed by atoms with van der Waals surface area (Å²) >= 11 is 0. The number of halogens is 1. The summed E-state index contributed by atoms with van der Waals surface area (Å²) in [6, 6.07) is 6.97. The van der Waals surface area contributed by atoms with E-state index in [-0.39, 0.29) is 17.4 Å². The molecule has 1 aliphatic heterocycles. The average Bonchev–Trinajstić information content (AvgIpc) is 3.01. The molecule has 2 aliphatic rings. The van der Waals surface area contributed by atoms with Gasteiger partial charge in [-0.2, -0.15) is 0 Å². The molecule has 1 atom stereocenters. The Morgan fingerprint density at radius 3 is 2.59 bits per heavy atom. The van der Waals surface area contributed by atoms with Crippen molar-refractivity contribution >= 4 is 17.4 Å². The lowest BCUT2D eigenvalue weighted by Crippen LogP contribution is -2.40. The van der Waals surface area contributed by atoms with Crippen LogP contribution in [-0.4, -0.2) is 32.7 Å². The summed E-state index contributed by atoms with van der Waals surface area (Å²) in [4.78, 5) is 31.8. The fourth-order valence-electron chi connectivity index (χ4n) is 4.40. The maximum atomic E-state index is 13.7. The van der Waals surface area contributed by atoms with E-state index in [1.807, 2.05) is 6.07 Å². The number of aliphatic hydroxyl groups is 1. The van der Waals surface area contributed by atoms with E-state index in [0.29, 0.717) is 16.7 Å². The first-order valence-corrected chi connectivity index (χ1v) is 9.95. The van der Waals surface area contributed by atoms with Gasteiger partial charge in [0, 0.05) is 24.0 Å². The molecule has 1 saturated carbocycles. The molecule has 1 unspecified atom stereocenters. The maximum absolute atomic E-state index is 13.7. The standard InChI is InChI=1S/C23H23FN2O3/c1-14-12-15(9-10-18(14)24)21(27)19-20(16-6-5-11-25-13-16)26(23(29)22(19)28)17-7-3-2-4-8-17/h5-6,9-13,17,20,27H,2-4,7-8H2,1H3/b21-19-. The molecular formula is C23H23FN2O3. The van der Waals surface area contributed by atoms with Crippen LogP contribution in [0.25, 0.3) is 5.76 Å². The lowest BCUT2D eigenvalue weighted by atomic mass is 9.91. The summed E-state index contributed by atoms with van der Waals surface area (Å²) in [7, 11) is 0. The van der Waals surface area contributed by atoms with E-state index in [1.54, 1.807) is 30.3 Å². The number of likely N-dealkylation sites (tertiary alicyclic amines) is 1. The van der Waals surface area contributed by atoms with Gasteiger partial charge >= 0.3 is 0 Å². The molecule has 150 valence electrons. The predicted molar refractivity (Wildman–Crippen MR) is 106 cm³/mol. The number of ketones is 1. The van der Waals surface area contributed by atoms with Gasteiger partial charge in [-0.15, -0.1) is 0 Å². The zero-order chi connectivity index (χ0) is 20.5. The minimum absolute atomic E-state index is 0.0413. The largest absolute Gasteiger partial charge is 0.507 e. The van der Waals surface area contributed by atoms with Crippen molar-refractivity contribution in [3.63, 3.8) is 0 Å². The number of pyridine rings is 1. The van der Waals surface area contributed by atoms with Crippen LogP contribution in [0.3, 0.4) is 0 Å². The molecular weight excluding hydrogens is 371 g/mol. The van der Waals surface area contributed by atoms with Crippen molar-refractivity contribution in [2.75, 3.05) is 0 Å².